The van der Waals surface area contributed by atoms with Gasteiger partial charge in [-0.3, -0.25) is 0 Å². The van der Waals surface area contributed by atoms with Crippen molar-refractivity contribution in [2.75, 3.05) is 38.9 Å². The fourth-order valence-corrected chi connectivity index (χ4v) is 3.50. The number of hydrogen-bond donors (Lipinski definition) is 1. The zero-order chi connectivity index (χ0) is 15.1. The highest BCUT2D eigenvalue weighted by atomic mass is 32.2. The monoisotopic (exact) mass is 304 g/mol. The predicted octanol–water partition coefficient (Wildman–Crippen LogP) is 4.67. The molecule has 1 N–H and O–H groups in total. The fraction of sp³-hybridized carbons (Fsp3) is 1.00. The Balaban J connectivity index is 3.13. The van der Waals surface area contributed by atoms with Crippen molar-refractivity contribution in [3.05, 3.63) is 0 Å². The predicted molar refractivity (Wildman–Crippen MR) is 93.2 cm³/mol. The Hall–Kier alpha value is 0.270. The lowest BCUT2D eigenvalue weighted by molar-refractivity contribution is -0.877. The highest BCUT2D eigenvalue weighted by Gasteiger charge is 2.12. The van der Waals surface area contributed by atoms with Crippen LogP contribution in [0.1, 0.15) is 71.1 Å². The van der Waals surface area contributed by atoms with E-state index in [2.05, 4.69) is 21.0 Å². The quantitative estimate of drug-likeness (QED) is 0.269. The molecule has 0 atom stereocenters. The Bertz CT molecular complexity index is 197. The Morgan fingerprint density at radius 1 is 0.800 bits per heavy atom. The number of unbranched alkanes of at least 4 members (excludes halogenated alkanes) is 9. The molecule has 0 saturated heterocycles. The SMILES string of the molecule is CCCCCCCCCCCCSC[N+](C)(C)CCO. The van der Waals surface area contributed by atoms with Crippen molar-refractivity contribution in [2.24, 2.45) is 0 Å². The summed E-state index contributed by atoms with van der Waals surface area (Å²) >= 11 is 2.04. The zero-order valence-corrected chi connectivity index (χ0v) is 15.0. The Morgan fingerprint density at radius 2 is 1.30 bits per heavy atom. The van der Waals surface area contributed by atoms with Crippen LogP contribution in [0.2, 0.25) is 0 Å². The maximum atomic E-state index is 8.97. The lowest BCUT2D eigenvalue weighted by Crippen LogP contribution is -2.41. The number of thioether (sulfide) groups is 1. The average Bonchev–Trinajstić information content (AvgIpc) is 2.40. The second kappa shape index (κ2) is 14.2. The van der Waals surface area contributed by atoms with E-state index in [0.29, 0.717) is 6.61 Å². The molecule has 0 spiro atoms. The summed E-state index contributed by atoms with van der Waals surface area (Å²) in [6.45, 7) is 3.44. The maximum Gasteiger partial charge on any atom is 0.125 e. The van der Waals surface area contributed by atoms with Gasteiger partial charge in [0, 0.05) is 0 Å². The summed E-state index contributed by atoms with van der Waals surface area (Å²) in [5, 5.41) is 8.97. The van der Waals surface area contributed by atoms with Crippen molar-refractivity contribution >= 4 is 11.8 Å². The van der Waals surface area contributed by atoms with Gasteiger partial charge in [-0.15, -0.1) is 11.8 Å². The van der Waals surface area contributed by atoms with E-state index in [0.717, 1.165) is 16.9 Å². The summed E-state index contributed by atoms with van der Waals surface area (Å²) in [4.78, 5) is 0. The van der Waals surface area contributed by atoms with E-state index in [9.17, 15) is 0 Å². The minimum Gasteiger partial charge on any atom is -0.391 e. The van der Waals surface area contributed by atoms with Crippen molar-refractivity contribution in [1.29, 1.82) is 0 Å². The molecule has 3 heteroatoms. The summed E-state index contributed by atoms with van der Waals surface area (Å²) in [7, 11) is 4.39. The van der Waals surface area contributed by atoms with Gasteiger partial charge in [0.2, 0.25) is 0 Å². The number of aliphatic hydroxyl groups excluding tert-OH is 1. The molecule has 0 rings (SSSR count). The summed E-state index contributed by atoms with van der Waals surface area (Å²) in [5.41, 5.74) is 0. The van der Waals surface area contributed by atoms with Crippen molar-refractivity contribution < 1.29 is 9.59 Å². The third-order valence-electron chi connectivity index (χ3n) is 3.79. The molecule has 0 bridgehead atoms. The normalized spacial score (nSPS) is 12.0. The second-order valence-corrected chi connectivity index (χ2v) is 7.68. The van der Waals surface area contributed by atoms with E-state index in [1.165, 1.54) is 70.0 Å². The van der Waals surface area contributed by atoms with Gasteiger partial charge in [0.05, 0.1) is 20.7 Å². The van der Waals surface area contributed by atoms with E-state index < -0.39 is 0 Å². The number of hydrogen-bond acceptors (Lipinski definition) is 2. The lowest BCUT2D eigenvalue weighted by Gasteiger charge is -2.28. The zero-order valence-electron chi connectivity index (χ0n) is 14.2. The first-order valence-electron chi connectivity index (χ1n) is 8.63. The molecule has 0 aromatic carbocycles. The minimum absolute atomic E-state index is 0.297. The standard InChI is InChI=1S/C17H38NOS/c1-4-5-6-7-8-9-10-11-12-13-16-20-17-18(2,3)14-15-19/h19H,4-17H2,1-3H3/q+1. The maximum absolute atomic E-state index is 8.97. The molecule has 0 unspecified atom stereocenters. The van der Waals surface area contributed by atoms with Gasteiger partial charge in [0.25, 0.3) is 0 Å². The summed E-state index contributed by atoms with van der Waals surface area (Å²) < 4.78 is 0.929. The summed E-state index contributed by atoms with van der Waals surface area (Å²) in [6, 6.07) is 0. The van der Waals surface area contributed by atoms with E-state index in [4.69, 9.17) is 5.11 Å². The van der Waals surface area contributed by atoms with Gasteiger partial charge in [-0.2, -0.15) is 0 Å². The van der Waals surface area contributed by atoms with E-state index in [-0.39, 0.29) is 0 Å². The largest absolute Gasteiger partial charge is 0.391 e. The molecule has 0 heterocycles. The van der Waals surface area contributed by atoms with Crippen LogP contribution in [0.15, 0.2) is 0 Å². The highest BCUT2D eigenvalue weighted by molar-refractivity contribution is 7.99. The molecular weight excluding hydrogens is 266 g/mol. The number of nitrogens with zero attached hydrogens (tertiary/aromatic N) is 1. The average molecular weight is 305 g/mol. The van der Waals surface area contributed by atoms with Gasteiger partial charge in [-0.25, -0.2) is 0 Å². The summed E-state index contributed by atoms with van der Waals surface area (Å²) in [5.74, 6) is 2.40. The summed E-state index contributed by atoms with van der Waals surface area (Å²) in [6.07, 6.45) is 14.2. The molecule has 0 saturated carbocycles. The molecule has 0 aliphatic carbocycles. The first kappa shape index (κ1) is 20.3. The lowest BCUT2D eigenvalue weighted by atomic mass is 10.1. The molecule has 0 amide bonds. The Labute approximate surface area is 131 Å². The van der Waals surface area contributed by atoms with Gasteiger partial charge in [-0.1, -0.05) is 64.7 Å². The molecule has 0 aromatic rings. The number of likely N-dealkylation sites (N-methyl/N-ethyl adjacent to an activating group) is 1. The molecule has 0 aromatic heterocycles. The molecule has 0 aliphatic rings. The van der Waals surface area contributed by atoms with Crippen molar-refractivity contribution in [3.63, 3.8) is 0 Å². The topological polar surface area (TPSA) is 20.2 Å². The third-order valence-corrected chi connectivity index (χ3v) is 5.25. The molecule has 2 nitrogen and oxygen atoms in total. The van der Waals surface area contributed by atoms with Crippen LogP contribution >= 0.6 is 11.8 Å². The minimum atomic E-state index is 0.297. The van der Waals surface area contributed by atoms with Gasteiger partial charge < -0.3 is 9.59 Å². The molecule has 0 fully saturated rings. The smallest absolute Gasteiger partial charge is 0.125 e. The van der Waals surface area contributed by atoms with Gasteiger partial charge in [-0.05, 0) is 12.2 Å². The Kier molecular flexibility index (Phi) is 14.4. The highest BCUT2D eigenvalue weighted by Crippen LogP contribution is 2.14. The van der Waals surface area contributed by atoms with Crippen LogP contribution in [0, 0.1) is 0 Å². The van der Waals surface area contributed by atoms with Gasteiger partial charge >= 0.3 is 0 Å². The van der Waals surface area contributed by atoms with E-state index >= 15 is 0 Å². The van der Waals surface area contributed by atoms with Gasteiger partial charge in [0.15, 0.2) is 0 Å². The second-order valence-electron chi connectivity index (χ2n) is 6.60. The van der Waals surface area contributed by atoms with E-state index in [1.807, 2.05) is 11.8 Å². The van der Waals surface area contributed by atoms with E-state index in [1.54, 1.807) is 0 Å². The van der Waals surface area contributed by atoms with Gasteiger partial charge in [0.1, 0.15) is 12.4 Å². The first-order chi connectivity index (χ1) is 9.62. The van der Waals surface area contributed by atoms with Crippen molar-refractivity contribution in [1.82, 2.24) is 0 Å². The van der Waals surface area contributed by atoms with Crippen molar-refractivity contribution in [2.45, 2.75) is 71.1 Å². The number of rotatable bonds is 15. The molecular formula is C17H38NOS+. The van der Waals surface area contributed by atoms with Crippen molar-refractivity contribution in [3.8, 4) is 0 Å². The van der Waals surface area contributed by atoms with Crippen LogP contribution in [0.4, 0.5) is 0 Å². The Morgan fingerprint density at radius 3 is 1.80 bits per heavy atom. The fourth-order valence-electron chi connectivity index (χ4n) is 2.34. The first-order valence-corrected chi connectivity index (χ1v) is 9.78. The molecule has 0 aliphatic heterocycles. The molecule has 0 radical (unpaired) electrons. The molecule has 20 heavy (non-hydrogen) atoms. The third kappa shape index (κ3) is 14.7. The number of quaternary nitrogens is 1. The molecule has 122 valence electrons. The van der Waals surface area contributed by atoms with Crippen LogP contribution in [-0.4, -0.2) is 48.5 Å². The number of aliphatic hydroxyl groups is 1. The van der Waals surface area contributed by atoms with Crippen LogP contribution in [0.3, 0.4) is 0 Å². The van der Waals surface area contributed by atoms with Crippen LogP contribution in [-0.2, 0) is 0 Å². The van der Waals surface area contributed by atoms with Crippen LogP contribution < -0.4 is 0 Å². The van der Waals surface area contributed by atoms with Crippen LogP contribution in [0.5, 0.6) is 0 Å². The van der Waals surface area contributed by atoms with Crippen LogP contribution in [0.25, 0.3) is 0 Å².